The molecule has 2 amide bonds. The van der Waals surface area contributed by atoms with Crippen LogP contribution in [0.5, 0.6) is 0 Å². The average Bonchev–Trinajstić information content (AvgIpc) is 3.12. The topological polar surface area (TPSA) is 91.5 Å². The molecule has 3 aromatic rings. The van der Waals surface area contributed by atoms with Crippen molar-refractivity contribution in [1.29, 1.82) is 0 Å². The first-order valence-corrected chi connectivity index (χ1v) is 11.3. The Bertz CT molecular complexity index is 1270. The highest BCUT2D eigenvalue weighted by Gasteiger charge is 2.36. The molecular weight excluding hydrogens is 480 g/mol. The normalized spacial score (nSPS) is 12.3. The minimum Gasteiger partial charge on any atom is -0.461 e. The third-order valence-electron chi connectivity index (χ3n) is 5.13. The highest BCUT2D eigenvalue weighted by atomic mass is 35.5. The number of esters is 1. The zero-order valence-electron chi connectivity index (χ0n) is 19.7. The first-order chi connectivity index (χ1) is 16.4. The van der Waals surface area contributed by atoms with Crippen LogP contribution in [0, 0.1) is 11.6 Å². The van der Waals surface area contributed by atoms with E-state index in [2.05, 4.69) is 10.3 Å². The van der Waals surface area contributed by atoms with E-state index in [4.69, 9.17) is 16.3 Å². The van der Waals surface area contributed by atoms with Gasteiger partial charge in [0.2, 0.25) is 12.3 Å². The van der Waals surface area contributed by atoms with Gasteiger partial charge in [-0.1, -0.05) is 17.7 Å². The molecule has 1 unspecified atom stereocenters. The minimum atomic E-state index is -1.39. The number of H-pyrrole nitrogens is 1. The van der Waals surface area contributed by atoms with Crippen LogP contribution in [0.15, 0.2) is 36.4 Å². The summed E-state index contributed by atoms with van der Waals surface area (Å²) in [4.78, 5) is 42.7. The molecule has 1 atom stereocenters. The van der Waals surface area contributed by atoms with Crippen LogP contribution in [0.2, 0.25) is 5.02 Å². The molecule has 2 N–H and O–H groups in total. The maximum Gasteiger partial charge on any atom is 0.355 e. The molecule has 0 fully saturated rings. The minimum absolute atomic E-state index is 0.0512. The Morgan fingerprint density at radius 1 is 1.20 bits per heavy atom. The van der Waals surface area contributed by atoms with Gasteiger partial charge in [-0.2, -0.15) is 0 Å². The number of nitrogens with one attached hydrogen (secondary N) is 2. The van der Waals surface area contributed by atoms with Crippen LogP contribution in [0.3, 0.4) is 0 Å². The maximum atomic E-state index is 14.4. The fourth-order valence-corrected chi connectivity index (χ4v) is 3.95. The predicted octanol–water partition coefficient (Wildman–Crippen LogP) is 4.89. The number of amides is 2. The Kier molecular flexibility index (Phi) is 7.80. The Morgan fingerprint density at radius 2 is 1.91 bits per heavy atom. The van der Waals surface area contributed by atoms with E-state index in [1.54, 1.807) is 45.9 Å². The lowest BCUT2D eigenvalue weighted by Crippen LogP contribution is -2.47. The van der Waals surface area contributed by atoms with E-state index in [0.717, 1.165) is 23.1 Å². The van der Waals surface area contributed by atoms with E-state index in [9.17, 15) is 23.2 Å². The Balaban J connectivity index is 2.25. The fraction of sp³-hybridized carbons (Fsp3) is 0.320. The van der Waals surface area contributed by atoms with Gasteiger partial charge in [0.05, 0.1) is 6.61 Å². The predicted molar refractivity (Wildman–Crippen MR) is 128 cm³/mol. The van der Waals surface area contributed by atoms with Gasteiger partial charge >= 0.3 is 5.97 Å². The van der Waals surface area contributed by atoms with Crippen molar-refractivity contribution in [2.75, 3.05) is 6.61 Å². The monoisotopic (exact) mass is 505 g/mol. The molecule has 10 heteroatoms. The number of fused-ring (bicyclic) bond motifs is 1. The van der Waals surface area contributed by atoms with Crippen molar-refractivity contribution in [3.05, 3.63) is 69.9 Å². The van der Waals surface area contributed by atoms with Crippen LogP contribution < -0.4 is 5.32 Å². The number of benzene rings is 2. The number of carbonyl (C=O) groups is 3. The second kappa shape index (κ2) is 10.4. The van der Waals surface area contributed by atoms with Crippen LogP contribution in [0.1, 0.15) is 55.4 Å². The van der Waals surface area contributed by atoms with E-state index in [0.29, 0.717) is 22.3 Å². The lowest BCUT2D eigenvalue weighted by atomic mass is 9.98. The van der Waals surface area contributed by atoms with Crippen molar-refractivity contribution in [1.82, 2.24) is 15.2 Å². The first-order valence-electron chi connectivity index (χ1n) is 10.9. The molecule has 0 radical (unpaired) electrons. The maximum absolute atomic E-state index is 14.4. The second-order valence-electron chi connectivity index (χ2n) is 8.98. The van der Waals surface area contributed by atoms with E-state index < -0.39 is 41.6 Å². The molecule has 1 heterocycles. The van der Waals surface area contributed by atoms with Gasteiger partial charge in [-0.05, 0) is 58.0 Å². The zero-order chi connectivity index (χ0) is 25.9. The van der Waals surface area contributed by atoms with E-state index in [-0.39, 0.29) is 23.4 Å². The van der Waals surface area contributed by atoms with Crippen LogP contribution in [0.25, 0.3) is 10.9 Å². The molecule has 1 aromatic heterocycles. The summed E-state index contributed by atoms with van der Waals surface area (Å²) in [6.07, 6.45) is 0.362. The van der Waals surface area contributed by atoms with Crippen molar-refractivity contribution >= 4 is 40.8 Å². The van der Waals surface area contributed by atoms with E-state index in [1.165, 1.54) is 0 Å². The van der Waals surface area contributed by atoms with Crippen LogP contribution in [-0.4, -0.2) is 40.3 Å². The highest BCUT2D eigenvalue weighted by molar-refractivity contribution is 6.31. The quantitative estimate of drug-likeness (QED) is 0.337. The molecule has 186 valence electrons. The number of hydrogen-bond donors (Lipinski definition) is 2. The molecule has 3 rings (SSSR count). The molecule has 7 nitrogen and oxygen atoms in total. The average molecular weight is 506 g/mol. The van der Waals surface area contributed by atoms with Gasteiger partial charge in [0, 0.05) is 39.1 Å². The first kappa shape index (κ1) is 26.2. The molecule has 0 saturated carbocycles. The summed E-state index contributed by atoms with van der Waals surface area (Å²) >= 11 is 6.12. The SMILES string of the molecule is CCOC(=O)c1[nH]c2cc(Cl)ccc2c1C(C(=O)NC(C)(C)C)N(C=O)Cc1cc(F)ccc1F. The molecular formula is C25H26ClF2N3O4. The van der Waals surface area contributed by atoms with Crippen molar-refractivity contribution in [2.24, 2.45) is 0 Å². The van der Waals surface area contributed by atoms with Crippen molar-refractivity contribution in [3.8, 4) is 0 Å². The summed E-state index contributed by atoms with van der Waals surface area (Å²) in [6.45, 7) is 6.52. The van der Waals surface area contributed by atoms with Gasteiger partial charge < -0.3 is 19.9 Å². The summed E-state index contributed by atoms with van der Waals surface area (Å²) in [6, 6.07) is 6.21. The van der Waals surface area contributed by atoms with Crippen molar-refractivity contribution in [2.45, 2.75) is 45.8 Å². The number of nitrogens with zero attached hydrogens (tertiary/aromatic N) is 1. The number of ether oxygens (including phenoxy) is 1. The molecule has 0 bridgehead atoms. The number of aromatic amines is 1. The van der Waals surface area contributed by atoms with E-state index >= 15 is 0 Å². The zero-order valence-corrected chi connectivity index (χ0v) is 20.5. The fourth-order valence-electron chi connectivity index (χ4n) is 3.78. The van der Waals surface area contributed by atoms with E-state index in [1.807, 2.05) is 0 Å². The number of halogens is 3. The molecule has 2 aromatic carbocycles. The molecule has 0 aliphatic rings. The van der Waals surface area contributed by atoms with Gasteiger partial charge in [0.25, 0.3) is 0 Å². The third-order valence-corrected chi connectivity index (χ3v) is 5.36. The largest absolute Gasteiger partial charge is 0.461 e. The highest BCUT2D eigenvalue weighted by Crippen LogP contribution is 2.35. The number of carbonyl (C=O) groups excluding carboxylic acids is 3. The summed E-state index contributed by atoms with van der Waals surface area (Å²) in [7, 11) is 0. The van der Waals surface area contributed by atoms with Gasteiger partial charge in [-0.25, -0.2) is 13.6 Å². The summed E-state index contributed by atoms with van der Waals surface area (Å²) in [5.41, 5.74) is -0.295. The summed E-state index contributed by atoms with van der Waals surface area (Å²) in [5.74, 6) is -2.81. The molecule has 0 saturated heterocycles. The second-order valence-corrected chi connectivity index (χ2v) is 9.42. The number of aromatic nitrogens is 1. The Labute approximate surface area is 206 Å². The number of rotatable bonds is 8. The number of hydrogen-bond acceptors (Lipinski definition) is 4. The van der Waals surface area contributed by atoms with Crippen LogP contribution >= 0.6 is 11.6 Å². The van der Waals surface area contributed by atoms with Crippen molar-refractivity contribution < 1.29 is 27.9 Å². The van der Waals surface area contributed by atoms with Gasteiger partial charge in [-0.3, -0.25) is 9.59 Å². The smallest absolute Gasteiger partial charge is 0.355 e. The summed E-state index contributed by atoms with van der Waals surface area (Å²) in [5, 5.41) is 3.63. The summed E-state index contributed by atoms with van der Waals surface area (Å²) < 4.78 is 33.4. The van der Waals surface area contributed by atoms with Gasteiger partial charge in [0.1, 0.15) is 23.4 Å². The van der Waals surface area contributed by atoms with Crippen molar-refractivity contribution in [3.63, 3.8) is 0 Å². The molecule has 0 aliphatic carbocycles. The molecule has 35 heavy (non-hydrogen) atoms. The molecule has 0 aliphatic heterocycles. The third kappa shape index (κ3) is 5.97. The van der Waals surface area contributed by atoms with Gasteiger partial charge in [0.15, 0.2) is 0 Å². The standard InChI is InChI=1S/C25H26ClF2N3O4/c1-5-35-24(34)21-20(17-8-6-15(26)11-19(17)29-21)22(23(33)30-25(2,3)4)31(13-32)12-14-10-16(27)7-9-18(14)28/h6-11,13,22,29H,5,12H2,1-4H3,(H,30,33). The van der Waals surface area contributed by atoms with Crippen LogP contribution in [0.4, 0.5) is 8.78 Å². The Morgan fingerprint density at radius 3 is 2.54 bits per heavy atom. The Hall–Kier alpha value is -3.46. The molecule has 0 spiro atoms. The van der Waals surface area contributed by atoms with Crippen LogP contribution in [-0.2, 0) is 20.9 Å². The van der Waals surface area contributed by atoms with Gasteiger partial charge in [-0.15, -0.1) is 0 Å². The lowest BCUT2D eigenvalue weighted by Gasteiger charge is -2.31. The lowest BCUT2D eigenvalue weighted by molar-refractivity contribution is -0.134.